The minimum atomic E-state index is -4.97. The van der Waals surface area contributed by atoms with Gasteiger partial charge in [0.1, 0.15) is 0 Å². The first-order valence-corrected chi connectivity index (χ1v) is 5.74. The van der Waals surface area contributed by atoms with E-state index in [1.807, 2.05) is 0 Å². The maximum atomic E-state index is 13.3. The Morgan fingerprint density at radius 3 is 2.16 bits per heavy atom. The van der Waals surface area contributed by atoms with Gasteiger partial charge in [-0.15, -0.1) is 0 Å². The standard InChI is InChI=1S/C13H14F3NO2/c1-11(2,3)17-10(18)8-6-4-5-7-9(8)12(17,19)13(14,15)16/h4-7,19H,1-3H3. The summed E-state index contributed by atoms with van der Waals surface area (Å²) in [6.45, 7) is 4.36. The Labute approximate surface area is 108 Å². The zero-order chi connectivity index (χ0) is 14.6. The number of hydrogen-bond acceptors (Lipinski definition) is 2. The van der Waals surface area contributed by atoms with Crippen LogP contribution in [0.1, 0.15) is 36.7 Å². The fourth-order valence-electron chi connectivity index (χ4n) is 2.43. The molecule has 1 atom stereocenters. The number of fused-ring (bicyclic) bond motifs is 1. The van der Waals surface area contributed by atoms with Crippen LogP contribution in [0.2, 0.25) is 0 Å². The van der Waals surface area contributed by atoms with Crippen molar-refractivity contribution in [1.29, 1.82) is 0 Å². The Morgan fingerprint density at radius 2 is 1.68 bits per heavy atom. The van der Waals surface area contributed by atoms with Crippen LogP contribution in [0.25, 0.3) is 0 Å². The number of rotatable bonds is 0. The van der Waals surface area contributed by atoms with Gasteiger partial charge in [0.05, 0.1) is 0 Å². The second kappa shape index (κ2) is 3.72. The van der Waals surface area contributed by atoms with Crippen LogP contribution in [-0.2, 0) is 5.72 Å². The number of carbonyl (C=O) groups excluding carboxylic acids is 1. The maximum absolute atomic E-state index is 13.3. The van der Waals surface area contributed by atoms with Crippen LogP contribution in [0.3, 0.4) is 0 Å². The fourth-order valence-corrected chi connectivity index (χ4v) is 2.43. The van der Waals surface area contributed by atoms with E-state index in [2.05, 4.69) is 0 Å². The van der Waals surface area contributed by atoms with Crippen LogP contribution >= 0.6 is 0 Å². The Morgan fingerprint density at radius 1 is 1.16 bits per heavy atom. The zero-order valence-corrected chi connectivity index (χ0v) is 10.7. The van der Waals surface area contributed by atoms with Crippen LogP contribution in [0.4, 0.5) is 13.2 Å². The van der Waals surface area contributed by atoms with Gasteiger partial charge in [-0.25, -0.2) is 0 Å². The summed E-state index contributed by atoms with van der Waals surface area (Å²) in [5.41, 5.74) is -4.97. The highest BCUT2D eigenvalue weighted by atomic mass is 19.4. The zero-order valence-electron chi connectivity index (χ0n) is 10.7. The molecule has 0 saturated carbocycles. The second-order valence-corrected chi connectivity index (χ2v) is 5.53. The van der Waals surface area contributed by atoms with E-state index in [1.54, 1.807) is 0 Å². The van der Waals surface area contributed by atoms with E-state index in [-0.39, 0.29) is 5.56 Å². The summed E-state index contributed by atoms with van der Waals surface area (Å²) < 4.78 is 40.0. The highest BCUT2D eigenvalue weighted by Crippen LogP contribution is 2.50. The molecule has 1 heterocycles. The minimum Gasteiger partial charge on any atom is -0.360 e. The maximum Gasteiger partial charge on any atom is 0.441 e. The third kappa shape index (κ3) is 1.74. The van der Waals surface area contributed by atoms with Crippen molar-refractivity contribution < 1.29 is 23.1 Å². The first-order valence-electron chi connectivity index (χ1n) is 5.74. The Kier molecular flexibility index (Phi) is 2.72. The lowest BCUT2D eigenvalue weighted by atomic mass is 9.97. The van der Waals surface area contributed by atoms with Crippen molar-refractivity contribution in [2.45, 2.75) is 38.2 Å². The molecule has 0 spiro atoms. The van der Waals surface area contributed by atoms with Crippen molar-refractivity contribution in [2.75, 3.05) is 0 Å². The summed E-state index contributed by atoms with van der Waals surface area (Å²) in [5, 5.41) is 10.2. The summed E-state index contributed by atoms with van der Waals surface area (Å²) >= 11 is 0. The quantitative estimate of drug-likeness (QED) is 0.789. The normalized spacial score (nSPS) is 23.7. The van der Waals surface area contributed by atoms with Crippen LogP contribution in [-0.4, -0.2) is 27.6 Å². The summed E-state index contributed by atoms with van der Waals surface area (Å²) in [5.74, 6) is -0.817. The van der Waals surface area contributed by atoms with E-state index in [0.29, 0.717) is 4.90 Å². The monoisotopic (exact) mass is 273 g/mol. The van der Waals surface area contributed by atoms with Crippen molar-refractivity contribution >= 4 is 5.91 Å². The van der Waals surface area contributed by atoms with Gasteiger partial charge in [0.25, 0.3) is 11.6 Å². The molecule has 3 nitrogen and oxygen atoms in total. The summed E-state index contributed by atoms with van der Waals surface area (Å²) in [4.78, 5) is 12.7. The molecule has 0 aliphatic carbocycles. The summed E-state index contributed by atoms with van der Waals surface area (Å²) in [7, 11) is 0. The molecule has 19 heavy (non-hydrogen) atoms. The summed E-state index contributed by atoms with van der Waals surface area (Å²) in [6.07, 6.45) is -4.97. The predicted molar refractivity (Wildman–Crippen MR) is 62.3 cm³/mol. The number of benzene rings is 1. The summed E-state index contributed by atoms with van der Waals surface area (Å²) in [6, 6.07) is 5.27. The first kappa shape index (κ1) is 13.9. The molecule has 1 N–H and O–H groups in total. The van der Waals surface area contributed by atoms with Gasteiger partial charge in [-0.1, -0.05) is 18.2 Å². The van der Waals surface area contributed by atoms with Gasteiger partial charge in [0.2, 0.25) is 0 Å². The SMILES string of the molecule is CC(C)(C)N1C(=O)c2ccccc2C1(O)C(F)(F)F. The Bertz CT molecular complexity index is 533. The van der Waals surface area contributed by atoms with Crippen molar-refractivity contribution in [2.24, 2.45) is 0 Å². The Balaban J connectivity index is 2.76. The molecule has 2 rings (SSSR count). The molecule has 1 aromatic rings. The van der Waals surface area contributed by atoms with Gasteiger partial charge >= 0.3 is 6.18 Å². The third-order valence-corrected chi connectivity index (χ3v) is 3.13. The first-order chi connectivity index (χ1) is 8.51. The molecule has 1 amide bonds. The molecule has 104 valence electrons. The molecule has 1 unspecified atom stereocenters. The van der Waals surface area contributed by atoms with Crippen LogP contribution in [0, 0.1) is 0 Å². The van der Waals surface area contributed by atoms with Gasteiger partial charge in [-0.3, -0.25) is 9.69 Å². The van der Waals surface area contributed by atoms with Crippen LogP contribution in [0.15, 0.2) is 24.3 Å². The van der Waals surface area contributed by atoms with Crippen molar-refractivity contribution in [3.63, 3.8) is 0 Å². The molecular weight excluding hydrogens is 259 g/mol. The largest absolute Gasteiger partial charge is 0.441 e. The van der Waals surface area contributed by atoms with Crippen molar-refractivity contribution in [3.8, 4) is 0 Å². The number of amides is 1. The number of halogens is 3. The molecule has 0 aromatic heterocycles. The lowest BCUT2D eigenvalue weighted by Gasteiger charge is -2.43. The average molecular weight is 273 g/mol. The van der Waals surface area contributed by atoms with Crippen molar-refractivity contribution in [1.82, 2.24) is 4.90 Å². The highest BCUT2D eigenvalue weighted by molar-refractivity contribution is 6.00. The van der Waals surface area contributed by atoms with E-state index >= 15 is 0 Å². The minimum absolute atomic E-state index is 0.114. The number of nitrogens with zero attached hydrogens (tertiary/aromatic N) is 1. The lowest BCUT2D eigenvalue weighted by Crippen LogP contribution is -2.60. The molecule has 6 heteroatoms. The molecule has 0 fully saturated rings. The third-order valence-electron chi connectivity index (χ3n) is 3.13. The molecule has 0 saturated heterocycles. The second-order valence-electron chi connectivity index (χ2n) is 5.53. The van der Waals surface area contributed by atoms with Crippen molar-refractivity contribution in [3.05, 3.63) is 35.4 Å². The highest BCUT2D eigenvalue weighted by Gasteiger charge is 2.67. The predicted octanol–water partition coefficient (Wildman–Crippen LogP) is 2.65. The Hall–Kier alpha value is -1.56. The van der Waals surface area contributed by atoms with Gasteiger partial charge in [0, 0.05) is 16.7 Å². The molecule has 1 aromatic carbocycles. The number of alkyl halides is 3. The van der Waals surface area contributed by atoms with E-state index < -0.39 is 28.9 Å². The molecule has 0 radical (unpaired) electrons. The molecule has 1 aliphatic rings. The smallest absolute Gasteiger partial charge is 0.360 e. The number of hydrogen-bond donors (Lipinski definition) is 1. The number of aliphatic hydroxyl groups is 1. The van der Waals surface area contributed by atoms with E-state index in [1.165, 1.54) is 39.0 Å². The average Bonchev–Trinajstić information content (AvgIpc) is 2.48. The van der Waals surface area contributed by atoms with Gasteiger partial charge in [0.15, 0.2) is 0 Å². The van der Waals surface area contributed by atoms with Gasteiger partial charge in [-0.2, -0.15) is 13.2 Å². The van der Waals surface area contributed by atoms with E-state index in [9.17, 15) is 23.1 Å². The molecule has 0 bridgehead atoms. The molecule has 1 aliphatic heterocycles. The van der Waals surface area contributed by atoms with E-state index in [0.717, 1.165) is 6.07 Å². The van der Waals surface area contributed by atoms with Gasteiger partial charge < -0.3 is 5.11 Å². The number of carbonyl (C=O) groups is 1. The van der Waals surface area contributed by atoms with Crippen LogP contribution < -0.4 is 0 Å². The van der Waals surface area contributed by atoms with Crippen LogP contribution in [0.5, 0.6) is 0 Å². The molecular formula is C13H14F3NO2. The lowest BCUT2D eigenvalue weighted by molar-refractivity contribution is -0.320. The van der Waals surface area contributed by atoms with E-state index in [4.69, 9.17) is 0 Å². The fraction of sp³-hybridized carbons (Fsp3) is 0.462. The van der Waals surface area contributed by atoms with Gasteiger partial charge in [-0.05, 0) is 26.8 Å². The topological polar surface area (TPSA) is 40.5 Å².